The van der Waals surface area contributed by atoms with Crippen molar-refractivity contribution < 1.29 is 4.74 Å². The van der Waals surface area contributed by atoms with E-state index in [9.17, 15) is 0 Å². The molecular weight excluding hydrogens is 214 g/mol. The SMILES string of the molecule is COC1CCC(/C(N)=C/C(N)=NC(C)(C)C)C1. The Labute approximate surface area is 104 Å². The molecule has 0 radical (unpaired) electrons. The summed E-state index contributed by atoms with van der Waals surface area (Å²) < 4.78 is 5.33. The van der Waals surface area contributed by atoms with Gasteiger partial charge in [0, 0.05) is 18.7 Å². The van der Waals surface area contributed by atoms with Crippen LogP contribution in [0.15, 0.2) is 16.8 Å². The van der Waals surface area contributed by atoms with Crippen molar-refractivity contribution in [2.24, 2.45) is 22.4 Å². The van der Waals surface area contributed by atoms with Crippen LogP contribution in [0.3, 0.4) is 0 Å². The Bertz CT molecular complexity index is 315. The fraction of sp³-hybridized carbons (Fsp3) is 0.769. The zero-order valence-electron chi connectivity index (χ0n) is 11.4. The second-order valence-electron chi connectivity index (χ2n) is 5.72. The average molecular weight is 239 g/mol. The number of aliphatic imine (C=N–C) groups is 1. The van der Waals surface area contributed by atoms with Gasteiger partial charge in [-0.25, -0.2) is 0 Å². The first-order valence-corrected chi connectivity index (χ1v) is 6.17. The Morgan fingerprint density at radius 3 is 2.41 bits per heavy atom. The maximum absolute atomic E-state index is 6.06. The van der Waals surface area contributed by atoms with Gasteiger partial charge in [0.2, 0.25) is 0 Å². The van der Waals surface area contributed by atoms with Gasteiger partial charge in [-0.05, 0) is 46.1 Å². The van der Waals surface area contributed by atoms with E-state index in [0.29, 0.717) is 17.9 Å². The summed E-state index contributed by atoms with van der Waals surface area (Å²) in [5, 5.41) is 0. The van der Waals surface area contributed by atoms with Crippen LogP contribution in [-0.2, 0) is 4.74 Å². The van der Waals surface area contributed by atoms with Crippen LogP contribution in [0, 0.1) is 5.92 Å². The van der Waals surface area contributed by atoms with Crippen LogP contribution < -0.4 is 11.5 Å². The van der Waals surface area contributed by atoms with E-state index in [1.807, 2.05) is 20.8 Å². The number of hydrogen-bond acceptors (Lipinski definition) is 3. The first kappa shape index (κ1) is 14.0. The van der Waals surface area contributed by atoms with Gasteiger partial charge >= 0.3 is 0 Å². The lowest BCUT2D eigenvalue weighted by molar-refractivity contribution is 0.106. The number of ether oxygens (including phenoxy) is 1. The van der Waals surface area contributed by atoms with Crippen LogP contribution in [0.25, 0.3) is 0 Å². The van der Waals surface area contributed by atoms with E-state index in [2.05, 4.69) is 4.99 Å². The maximum atomic E-state index is 6.06. The molecule has 1 rings (SSSR count). The van der Waals surface area contributed by atoms with Crippen molar-refractivity contribution in [2.75, 3.05) is 7.11 Å². The molecule has 0 aromatic heterocycles. The molecule has 0 aromatic rings. The van der Waals surface area contributed by atoms with Crippen molar-refractivity contribution in [3.63, 3.8) is 0 Å². The highest BCUT2D eigenvalue weighted by Gasteiger charge is 2.26. The first-order valence-electron chi connectivity index (χ1n) is 6.17. The summed E-state index contributed by atoms with van der Waals surface area (Å²) in [5.41, 5.74) is 12.6. The van der Waals surface area contributed by atoms with Gasteiger partial charge in [0.25, 0.3) is 0 Å². The van der Waals surface area contributed by atoms with Crippen LogP contribution >= 0.6 is 0 Å². The van der Waals surface area contributed by atoms with E-state index in [0.717, 1.165) is 25.0 Å². The molecule has 4 nitrogen and oxygen atoms in total. The molecule has 0 spiro atoms. The van der Waals surface area contributed by atoms with Crippen LogP contribution in [0.4, 0.5) is 0 Å². The Hall–Kier alpha value is -1.03. The van der Waals surface area contributed by atoms with Crippen LogP contribution in [0.5, 0.6) is 0 Å². The zero-order chi connectivity index (χ0) is 13.1. The highest BCUT2D eigenvalue weighted by Crippen LogP contribution is 2.30. The molecule has 4 heteroatoms. The standard InChI is InChI=1S/C13H25N3O/c1-13(2,3)16-12(15)8-11(14)9-5-6-10(7-9)17-4/h8-10H,5-7,14H2,1-4H3,(H2,15,16)/b11-8-. The van der Waals surface area contributed by atoms with Gasteiger partial charge in [-0.2, -0.15) is 0 Å². The minimum atomic E-state index is -0.161. The summed E-state index contributed by atoms with van der Waals surface area (Å²) in [6.07, 6.45) is 5.28. The van der Waals surface area contributed by atoms with Gasteiger partial charge in [0.15, 0.2) is 0 Å². The van der Waals surface area contributed by atoms with E-state index in [4.69, 9.17) is 16.2 Å². The number of rotatable bonds is 3. The molecule has 1 aliphatic rings. The lowest BCUT2D eigenvalue weighted by atomic mass is 10.0. The van der Waals surface area contributed by atoms with Gasteiger partial charge in [0.05, 0.1) is 11.6 Å². The summed E-state index contributed by atoms with van der Waals surface area (Å²) in [5.74, 6) is 0.893. The first-order chi connectivity index (χ1) is 7.81. The van der Waals surface area contributed by atoms with Crippen LogP contribution in [0.1, 0.15) is 40.0 Å². The number of allylic oxidation sites excluding steroid dienone is 1. The van der Waals surface area contributed by atoms with Crippen LogP contribution in [-0.4, -0.2) is 24.6 Å². The third kappa shape index (κ3) is 4.77. The normalized spacial score (nSPS) is 27.5. The Morgan fingerprint density at radius 2 is 1.94 bits per heavy atom. The molecule has 98 valence electrons. The molecule has 0 bridgehead atoms. The molecular formula is C13H25N3O. The van der Waals surface area contributed by atoms with Gasteiger partial charge in [-0.1, -0.05) is 0 Å². The lowest BCUT2D eigenvalue weighted by Crippen LogP contribution is -2.21. The molecule has 1 fully saturated rings. The summed E-state index contributed by atoms with van der Waals surface area (Å²) in [4.78, 5) is 4.37. The third-order valence-electron chi connectivity index (χ3n) is 2.97. The van der Waals surface area contributed by atoms with E-state index < -0.39 is 0 Å². The van der Waals surface area contributed by atoms with Gasteiger partial charge in [-0.15, -0.1) is 0 Å². The minimum Gasteiger partial charge on any atom is -0.402 e. The van der Waals surface area contributed by atoms with Crippen molar-refractivity contribution in [1.82, 2.24) is 0 Å². The molecule has 2 unspecified atom stereocenters. The maximum Gasteiger partial charge on any atom is 0.120 e. The average Bonchev–Trinajstić information content (AvgIpc) is 2.62. The Morgan fingerprint density at radius 1 is 1.29 bits per heavy atom. The molecule has 0 amide bonds. The fourth-order valence-corrected chi connectivity index (χ4v) is 2.17. The van der Waals surface area contributed by atoms with Crippen molar-refractivity contribution in [3.05, 3.63) is 11.8 Å². The molecule has 4 N–H and O–H groups in total. The minimum absolute atomic E-state index is 0.161. The number of hydrogen-bond donors (Lipinski definition) is 2. The fourth-order valence-electron chi connectivity index (χ4n) is 2.17. The molecule has 1 saturated carbocycles. The smallest absolute Gasteiger partial charge is 0.120 e. The highest BCUT2D eigenvalue weighted by molar-refractivity contribution is 5.92. The predicted molar refractivity (Wildman–Crippen MR) is 71.8 cm³/mol. The van der Waals surface area contributed by atoms with Gasteiger partial charge in [-0.3, -0.25) is 4.99 Å². The van der Waals surface area contributed by atoms with Crippen LogP contribution in [0.2, 0.25) is 0 Å². The second kappa shape index (κ2) is 5.54. The van der Waals surface area contributed by atoms with Crippen molar-refractivity contribution in [3.8, 4) is 0 Å². The van der Waals surface area contributed by atoms with Crippen molar-refractivity contribution in [2.45, 2.75) is 51.7 Å². The quantitative estimate of drug-likeness (QED) is 0.582. The summed E-state index contributed by atoms with van der Waals surface area (Å²) in [7, 11) is 1.75. The largest absolute Gasteiger partial charge is 0.402 e. The number of nitrogens with zero attached hydrogens (tertiary/aromatic N) is 1. The highest BCUT2D eigenvalue weighted by atomic mass is 16.5. The van der Waals surface area contributed by atoms with E-state index in [1.54, 1.807) is 13.2 Å². The predicted octanol–water partition coefficient (Wildman–Crippen LogP) is 1.80. The topological polar surface area (TPSA) is 73.6 Å². The van der Waals surface area contributed by atoms with Crippen molar-refractivity contribution in [1.29, 1.82) is 0 Å². The zero-order valence-corrected chi connectivity index (χ0v) is 11.4. The summed E-state index contributed by atoms with van der Waals surface area (Å²) >= 11 is 0. The molecule has 0 saturated heterocycles. The van der Waals surface area contributed by atoms with E-state index in [1.165, 1.54) is 0 Å². The van der Waals surface area contributed by atoms with Gasteiger partial charge in [0.1, 0.15) is 5.84 Å². The monoisotopic (exact) mass is 239 g/mol. The third-order valence-corrected chi connectivity index (χ3v) is 2.97. The second-order valence-corrected chi connectivity index (χ2v) is 5.72. The van der Waals surface area contributed by atoms with E-state index >= 15 is 0 Å². The molecule has 17 heavy (non-hydrogen) atoms. The molecule has 0 heterocycles. The number of methoxy groups -OCH3 is 1. The number of nitrogens with two attached hydrogens (primary N) is 2. The summed E-state index contributed by atoms with van der Waals surface area (Å²) in [6, 6.07) is 0. The van der Waals surface area contributed by atoms with E-state index in [-0.39, 0.29) is 5.54 Å². The molecule has 1 aliphatic carbocycles. The molecule has 0 aromatic carbocycles. The lowest BCUT2D eigenvalue weighted by Gasteiger charge is -2.14. The Balaban J connectivity index is 2.64. The van der Waals surface area contributed by atoms with Gasteiger partial charge < -0.3 is 16.2 Å². The molecule has 0 aliphatic heterocycles. The Kier molecular flexibility index (Phi) is 4.57. The number of amidine groups is 1. The summed E-state index contributed by atoms with van der Waals surface area (Å²) in [6.45, 7) is 6.04. The van der Waals surface area contributed by atoms with Crippen molar-refractivity contribution >= 4 is 5.84 Å². The molecule has 2 atom stereocenters.